The number of anilines is 1. The molecule has 0 saturated carbocycles. The molecule has 1 aliphatic rings. The van der Waals surface area contributed by atoms with Crippen molar-refractivity contribution in [2.24, 2.45) is 0 Å². The van der Waals surface area contributed by atoms with Gasteiger partial charge in [0.05, 0.1) is 13.2 Å². The summed E-state index contributed by atoms with van der Waals surface area (Å²) in [6.45, 7) is 5.17. The van der Waals surface area contributed by atoms with Crippen LogP contribution in [0.1, 0.15) is 22.2 Å². The molecule has 0 amide bonds. The monoisotopic (exact) mass is 374 g/mol. The fraction of sp³-hybridized carbons (Fsp3) is 0.333. The molecule has 3 heterocycles. The Morgan fingerprint density at radius 3 is 2.72 bits per heavy atom. The van der Waals surface area contributed by atoms with Crippen LogP contribution in [0.4, 0.5) is 5.13 Å². The Hall–Kier alpha value is -1.96. The third-order valence-corrected chi connectivity index (χ3v) is 6.43. The first-order valence-electron chi connectivity index (χ1n) is 8.16. The molecule has 1 saturated heterocycles. The summed E-state index contributed by atoms with van der Waals surface area (Å²) in [5, 5.41) is 0.976. The quantitative estimate of drug-likeness (QED) is 0.633. The van der Waals surface area contributed by atoms with Gasteiger partial charge in [0, 0.05) is 20.0 Å². The average Bonchev–Trinajstić information content (AvgIpc) is 3.20. The minimum Gasteiger partial charge on any atom is -0.486 e. The molecule has 7 heteroatoms. The Balaban J connectivity index is 1.65. The van der Waals surface area contributed by atoms with E-state index in [0.29, 0.717) is 17.2 Å². The van der Waals surface area contributed by atoms with Crippen molar-refractivity contribution in [3.05, 3.63) is 40.8 Å². The molecule has 0 N–H and O–H groups in total. The number of hydrogen-bond donors (Lipinski definition) is 0. The van der Waals surface area contributed by atoms with Gasteiger partial charge in [-0.25, -0.2) is 4.98 Å². The van der Waals surface area contributed by atoms with Gasteiger partial charge in [-0.15, -0.1) is 11.3 Å². The third-order valence-electron chi connectivity index (χ3n) is 4.02. The molecule has 0 atom stereocenters. The summed E-state index contributed by atoms with van der Waals surface area (Å²) in [4.78, 5) is 20.5. The Labute approximate surface area is 153 Å². The SMILES string of the molecule is CC(=O)c1sc2nc(N3CCOCC3)sc2c1OCc1ccccc1. The number of thiazole rings is 1. The van der Waals surface area contributed by atoms with Gasteiger partial charge in [0.15, 0.2) is 16.7 Å². The second-order valence-electron chi connectivity index (χ2n) is 5.82. The van der Waals surface area contributed by atoms with Gasteiger partial charge >= 0.3 is 0 Å². The Morgan fingerprint density at radius 1 is 1.24 bits per heavy atom. The molecule has 0 radical (unpaired) electrons. The molecule has 25 heavy (non-hydrogen) atoms. The Kier molecular flexibility index (Phi) is 4.70. The van der Waals surface area contributed by atoms with E-state index in [4.69, 9.17) is 14.5 Å². The highest BCUT2D eigenvalue weighted by Crippen LogP contribution is 2.44. The number of ether oxygens (including phenoxy) is 2. The van der Waals surface area contributed by atoms with Gasteiger partial charge in [-0.3, -0.25) is 4.79 Å². The molecular weight excluding hydrogens is 356 g/mol. The lowest BCUT2D eigenvalue weighted by Crippen LogP contribution is -2.36. The third kappa shape index (κ3) is 3.40. The van der Waals surface area contributed by atoms with Crippen LogP contribution in [-0.2, 0) is 11.3 Å². The number of Topliss-reactive ketones (excluding diaryl/α,β-unsaturated/α-hetero) is 1. The fourth-order valence-electron chi connectivity index (χ4n) is 2.74. The van der Waals surface area contributed by atoms with Crippen LogP contribution in [0.2, 0.25) is 0 Å². The summed E-state index contributed by atoms with van der Waals surface area (Å²) >= 11 is 3.02. The van der Waals surface area contributed by atoms with Crippen LogP contribution in [0.5, 0.6) is 5.75 Å². The molecule has 2 aromatic heterocycles. The lowest BCUT2D eigenvalue weighted by atomic mass is 10.2. The zero-order chi connectivity index (χ0) is 17.2. The molecule has 0 bridgehead atoms. The number of morpholine rings is 1. The van der Waals surface area contributed by atoms with E-state index in [1.165, 1.54) is 11.3 Å². The maximum absolute atomic E-state index is 12.0. The second-order valence-corrected chi connectivity index (χ2v) is 7.80. The van der Waals surface area contributed by atoms with Gasteiger partial charge in [0.2, 0.25) is 0 Å². The summed E-state index contributed by atoms with van der Waals surface area (Å²) in [7, 11) is 0. The van der Waals surface area contributed by atoms with Crippen molar-refractivity contribution in [3.8, 4) is 5.75 Å². The first-order chi connectivity index (χ1) is 12.2. The van der Waals surface area contributed by atoms with Gasteiger partial charge in [-0.2, -0.15) is 0 Å². The highest BCUT2D eigenvalue weighted by Gasteiger charge is 2.23. The van der Waals surface area contributed by atoms with E-state index in [1.54, 1.807) is 18.3 Å². The van der Waals surface area contributed by atoms with E-state index in [-0.39, 0.29) is 5.78 Å². The number of thiophene rings is 1. The van der Waals surface area contributed by atoms with Crippen molar-refractivity contribution in [2.75, 3.05) is 31.2 Å². The Morgan fingerprint density at radius 2 is 2.00 bits per heavy atom. The van der Waals surface area contributed by atoms with Crippen molar-refractivity contribution in [2.45, 2.75) is 13.5 Å². The van der Waals surface area contributed by atoms with E-state index < -0.39 is 0 Å². The molecule has 130 valence electrons. The first-order valence-corrected chi connectivity index (χ1v) is 9.79. The minimum atomic E-state index is 0.0196. The summed E-state index contributed by atoms with van der Waals surface area (Å²) in [6, 6.07) is 9.98. The smallest absolute Gasteiger partial charge is 0.187 e. The predicted octanol–water partition coefficient (Wildman–Crippen LogP) is 3.98. The highest BCUT2D eigenvalue weighted by atomic mass is 32.1. The number of nitrogens with zero attached hydrogens (tertiary/aromatic N) is 2. The molecule has 1 fully saturated rings. The van der Waals surface area contributed by atoms with E-state index in [9.17, 15) is 4.79 Å². The Bertz CT molecular complexity index is 883. The van der Waals surface area contributed by atoms with Crippen LogP contribution in [0.25, 0.3) is 9.53 Å². The molecular formula is C18H18N2O3S2. The van der Waals surface area contributed by atoms with Gasteiger partial charge in [0.1, 0.15) is 21.0 Å². The number of rotatable bonds is 5. The maximum atomic E-state index is 12.0. The number of aromatic nitrogens is 1. The first kappa shape index (κ1) is 16.5. The normalized spacial score (nSPS) is 14.8. The molecule has 5 nitrogen and oxygen atoms in total. The van der Waals surface area contributed by atoms with Crippen LogP contribution in [0, 0.1) is 0 Å². The minimum absolute atomic E-state index is 0.0196. The fourth-order valence-corrected chi connectivity index (χ4v) is 5.04. The number of fused-ring (bicyclic) bond motifs is 1. The summed E-state index contributed by atoms with van der Waals surface area (Å²) in [5.74, 6) is 0.694. The van der Waals surface area contributed by atoms with Crippen LogP contribution < -0.4 is 9.64 Å². The van der Waals surface area contributed by atoms with Crippen molar-refractivity contribution < 1.29 is 14.3 Å². The van der Waals surface area contributed by atoms with Crippen molar-refractivity contribution >= 4 is 43.1 Å². The van der Waals surface area contributed by atoms with Crippen molar-refractivity contribution in [3.63, 3.8) is 0 Å². The standard InChI is InChI=1S/C18H18N2O3S2/c1-12(21)15-14(23-11-13-5-3-2-4-6-13)16-17(24-15)19-18(25-16)20-7-9-22-10-8-20/h2-6H,7-11H2,1H3. The molecule has 0 unspecified atom stereocenters. The van der Waals surface area contributed by atoms with Crippen LogP contribution in [0.15, 0.2) is 30.3 Å². The number of hydrogen-bond acceptors (Lipinski definition) is 7. The van der Waals surface area contributed by atoms with Crippen molar-refractivity contribution in [1.29, 1.82) is 0 Å². The number of carbonyl (C=O) groups excluding carboxylic acids is 1. The molecule has 1 aliphatic heterocycles. The topological polar surface area (TPSA) is 51.7 Å². The van der Waals surface area contributed by atoms with Crippen LogP contribution >= 0.6 is 22.7 Å². The number of ketones is 1. The van der Waals surface area contributed by atoms with E-state index >= 15 is 0 Å². The summed E-state index contributed by atoms with van der Waals surface area (Å²) in [5.41, 5.74) is 1.08. The lowest BCUT2D eigenvalue weighted by molar-refractivity contribution is 0.101. The zero-order valence-electron chi connectivity index (χ0n) is 13.9. The summed E-state index contributed by atoms with van der Waals surface area (Å²) < 4.78 is 12.4. The van der Waals surface area contributed by atoms with Crippen LogP contribution in [-0.4, -0.2) is 37.1 Å². The predicted molar refractivity (Wildman–Crippen MR) is 101 cm³/mol. The van der Waals surface area contributed by atoms with E-state index in [2.05, 4.69) is 4.90 Å². The van der Waals surface area contributed by atoms with Gasteiger partial charge in [0.25, 0.3) is 0 Å². The zero-order valence-corrected chi connectivity index (χ0v) is 15.5. The van der Waals surface area contributed by atoms with Crippen LogP contribution in [0.3, 0.4) is 0 Å². The average molecular weight is 374 g/mol. The second kappa shape index (κ2) is 7.11. The van der Waals surface area contributed by atoms with E-state index in [0.717, 1.165) is 46.5 Å². The largest absolute Gasteiger partial charge is 0.486 e. The molecule has 0 aliphatic carbocycles. The molecule has 3 aromatic rings. The van der Waals surface area contributed by atoms with E-state index in [1.807, 2.05) is 30.3 Å². The van der Waals surface area contributed by atoms with Gasteiger partial charge < -0.3 is 14.4 Å². The van der Waals surface area contributed by atoms with Gasteiger partial charge in [-0.1, -0.05) is 41.7 Å². The van der Waals surface area contributed by atoms with Gasteiger partial charge in [-0.05, 0) is 5.56 Å². The number of benzene rings is 1. The lowest BCUT2D eigenvalue weighted by Gasteiger charge is -2.25. The number of carbonyl (C=O) groups is 1. The molecule has 0 spiro atoms. The highest BCUT2D eigenvalue weighted by molar-refractivity contribution is 7.30. The maximum Gasteiger partial charge on any atom is 0.187 e. The summed E-state index contributed by atoms with van der Waals surface area (Å²) in [6.07, 6.45) is 0. The molecule has 1 aromatic carbocycles. The van der Waals surface area contributed by atoms with Crippen molar-refractivity contribution in [1.82, 2.24) is 4.98 Å². The molecule has 4 rings (SSSR count).